The number of carbonyl (C=O) groups is 1. The van der Waals surface area contributed by atoms with E-state index in [1.165, 1.54) is 36.4 Å². The average Bonchev–Trinajstić information content (AvgIpc) is 3.45. The zero-order chi connectivity index (χ0) is 28.3. The number of likely N-dealkylation sites (tertiary alicyclic amines) is 1. The number of anilines is 1. The molecule has 1 saturated heterocycles. The molecule has 0 unspecified atom stereocenters. The van der Waals surface area contributed by atoms with Crippen LogP contribution >= 0.6 is 23.2 Å². The van der Waals surface area contributed by atoms with Crippen LogP contribution in [0.25, 0.3) is 0 Å². The molecule has 7 nitrogen and oxygen atoms in total. The molecule has 1 aliphatic rings. The van der Waals surface area contributed by atoms with Gasteiger partial charge in [-0.3, -0.25) is 9.52 Å². The van der Waals surface area contributed by atoms with E-state index in [1.807, 2.05) is 24.3 Å². The molecule has 4 aromatic carbocycles. The second kappa shape index (κ2) is 11.8. The normalized spacial score (nSPS) is 15.1. The Balaban J connectivity index is 1.37. The minimum absolute atomic E-state index is 0.00430. The van der Waals surface area contributed by atoms with Gasteiger partial charge in [0.25, 0.3) is 15.9 Å². The molecule has 0 radical (unpaired) electrons. The first-order valence-electron chi connectivity index (χ1n) is 12.5. The van der Waals surface area contributed by atoms with E-state index in [0.717, 1.165) is 24.2 Å². The van der Waals surface area contributed by atoms with Crippen molar-refractivity contribution in [3.63, 3.8) is 0 Å². The Morgan fingerprint density at radius 1 is 0.925 bits per heavy atom. The lowest BCUT2D eigenvalue weighted by atomic mass is 10.0. The van der Waals surface area contributed by atoms with Gasteiger partial charge < -0.3 is 14.4 Å². The Labute approximate surface area is 243 Å². The number of hydrogen-bond acceptors (Lipinski definition) is 5. The van der Waals surface area contributed by atoms with Crippen LogP contribution in [0.4, 0.5) is 5.69 Å². The third kappa shape index (κ3) is 6.04. The van der Waals surface area contributed by atoms with Crippen LogP contribution in [0.3, 0.4) is 0 Å². The summed E-state index contributed by atoms with van der Waals surface area (Å²) in [7, 11) is -2.43. The van der Waals surface area contributed by atoms with Gasteiger partial charge in [0, 0.05) is 11.6 Å². The Bertz CT molecular complexity index is 1630. The van der Waals surface area contributed by atoms with Crippen LogP contribution in [0.15, 0.2) is 95.9 Å². The van der Waals surface area contributed by atoms with Crippen molar-refractivity contribution in [2.24, 2.45) is 0 Å². The van der Waals surface area contributed by atoms with Crippen LogP contribution in [0.1, 0.15) is 34.8 Å². The van der Waals surface area contributed by atoms with Gasteiger partial charge in [0.2, 0.25) is 0 Å². The highest BCUT2D eigenvalue weighted by Crippen LogP contribution is 2.36. The van der Waals surface area contributed by atoms with E-state index in [-0.39, 0.29) is 28.1 Å². The molecule has 1 aliphatic heterocycles. The Morgan fingerprint density at radius 2 is 1.62 bits per heavy atom. The summed E-state index contributed by atoms with van der Waals surface area (Å²) in [6.07, 6.45) is 1.62. The van der Waals surface area contributed by atoms with Crippen molar-refractivity contribution >= 4 is 44.8 Å². The number of para-hydroxylation sites is 1. The molecule has 0 saturated carbocycles. The smallest absolute Gasteiger partial charge is 0.261 e. The number of amides is 1. The summed E-state index contributed by atoms with van der Waals surface area (Å²) in [4.78, 5) is 15.5. The molecule has 10 heteroatoms. The zero-order valence-electron chi connectivity index (χ0n) is 21.5. The van der Waals surface area contributed by atoms with Gasteiger partial charge in [0.1, 0.15) is 17.2 Å². The molecule has 0 aliphatic carbocycles. The molecule has 206 valence electrons. The molecule has 1 fully saturated rings. The first kappa shape index (κ1) is 27.8. The van der Waals surface area contributed by atoms with Crippen LogP contribution < -0.4 is 14.2 Å². The number of ether oxygens (including phenoxy) is 2. The van der Waals surface area contributed by atoms with E-state index >= 15 is 0 Å². The number of rotatable bonds is 8. The summed E-state index contributed by atoms with van der Waals surface area (Å²) in [5.41, 5.74) is 1.30. The predicted octanol–water partition coefficient (Wildman–Crippen LogP) is 7.57. The first-order chi connectivity index (χ1) is 19.2. The maximum absolute atomic E-state index is 13.8. The van der Waals surface area contributed by atoms with Crippen LogP contribution in [0, 0.1) is 0 Å². The van der Waals surface area contributed by atoms with Crippen molar-refractivity contribution in [1.29, 1.82) is 0 Å². The lowest BCUT2D eigenvalue weighted by Crippen LogP contribution is -2.31. The topological polar surface area (TPSA) is 84.9 Å². The second-order valence-electron chi connectivity index (χ2n) is 9.23. The molecule has 1 amide bonds. The van der Waals surface area contributed by atoms with Crippen LogP contribution in [0.5, 0.6) is 17.2 Å². The Kier molecular flexibility index (Phi) is 8.21. The maximum Gasteiger partial charge on any atom is 0.261 e. The Hall–Kier alpha value is -3.72. The van der Waals surface area contributed by atoms with Crippen molar-refractivity contribution in [2.45, 2.75) is 23.8 Å². The highest BCUT2D eigenvalue weighted by atomic mass is 35.5. The fourth-order valence-electron chi connectivity index (χ4n) is 4.66. The molecule has 4 aromatic rings. The predicted molar refractivity (Wildman–Crippen MR) is 156 cm³/mol. The number of halogens is 2. The number of sulfonamides is 1. The average molecular weight is 598 g/mol. The molecule has 40 heavy (non-hydrogen) atoms. The molecule has 1 N–H and O–H groups in total. The first-order valence-corrected chi connectivity index (χ1v) is 14.8. The number of hydrogen-bond donors (Lipinski definition) is 1. The zero-order valence-corrected chi connectivity index (χ0v) is 23.8. The molecule has 0 spiro atoms. The van der Waals surface area contributed by atoms with Crippen LogP contribution in [0.2, 0.25) is 10.0 Å². The molecule has 0 aromatic heterocycles. The van der Waals surface area contributed by atoms with Crippen molar-refractivity contribution < 1.29 is 22.7 Å². The van der Waals surface area contributed by atoms with Gasteiger partial charge >= 0.3 is 0 Å². The monoisotopic (exact) mass is 596 g/mol. The lowest BCUT2D eigenvalue weighted by Gasteiger charge is -2.26. The highest BCUT2D eigenvalue weighted by molar-refractivity contribution is 7.92. The third-order valence-electron chi connectivity index (χ3n) is 6.67. The van der Waals surface area contributed by atoms with Crippen molar-refractivity contribution in [3.05, 3.63) is 112 Å². The van der Waals surface area contributed by atoms with E-state index in [4.69, 9.17) is 32.7 Å². The number of nitrogens with one attached hydrogen (secondary N) is 1. The van der Waals surface area contributed by atoms with E-state index in [9.17, 15) is 13.2 Å². The van der Waals surface area contributed by atoms with Gasteiger partial charge in [0.15, 0.2) is 0 Å². The van der Waals surface area contributed by atoms with Gasteiger partial charge in [-0.05, 0) is 85.1 Å². The summed E-state index contributed by atoms with van der Waals surface area (Å²) < 4.78 is 40.2. The van der Waals surface area contributed by atoms with Crippen LogP contribution in [-0.4, -0.2) is 32.9 Å². The third-order valence-corrected chi connectivity index (χ3v) is 8.60. The van der Waals surface area contributed by atoms with Gasteiger partial charge in [-0.2, -0.15) is 0 Å². The Morgan fingerprint density at radius 3 is 2.33 bits per heavy atom. The molecule has 0 bridgehead atoms. The molecular formula is C30H26Cl2N2O5S. The molecule has 5 rings (SSSR count). The summed E-state index contributed by atoms with van der Waals surface area (Å²) in [6, 6.07) is 24.9. The fraction of sp³-hybridized carbons (Fsp3) is 0.167. The van der Waals surface area contributed by atoms with Gasteiger partial charge in [-0.1, -0.05) is 47.5 Å². The number of methoxy groups -OCH3 is 1. The quantitative estimate of drug-likeness (QED) is 0.227. The number of nitrogens with zero attached hydrogens (tertiary/aromatic N) is 1. The van der Waals surface area contributed by atoms with Gasteiger partial charge in [0.05, 0.1) is 34.3 Å². The van der Waals surface area contributed by atoms with Gasteiger partial charge in [-0.25, -0.2) is 8.42 Å². The summed E-state index contributed by atoms with van der Waals surface area (Å²) in [6.45, 7) is 0.543. The minimum Gasteiger partial charge on any atom is -0.497 e. The lowest BCUT2D eigenvalue weighted by molar-refractivity contribution is 0.0736. The van der Waals surface area contributed by atoms with Crippen molar-refractivity contribution in [3.8, 4) is 17.2 Å². The standard InChI is InChI=1S/C30H26Cl2N2O5S/c1-38-22-11-8-20(9-12-22)28-6-4-18-34(28)30(35)25-19-21(31)10-17-27(25)33-40(36,37)24-15-13-23(14-16-24)39-29-7-3-2-5-26(29)32/h2-3,5,7-17,19,28,33H,4,6,18H2,1H3/t28-/m0/s1. The minimum atomic E-state index is -4.04. The second-order valence-corrected chi connectivity index (χ2v) is 11.8. The van der Waals surface area contributed by atoms with Crippen molar-refractivity contribution in [2.75, 3.05) is 18.4 Å². The summed E-state index contributed by atoms with van der Waals surface area (Å²) in [5, 5.41) is 0.764. The fourth-order valence-corrected chi connectivity index (χ4v) is 6.09. The summed E-state index contributed by atoms with van der Waals surface area (Å²) >= 11 is 12.4. The van der Waals surface area contributed by atoms with E-state index in [0.29, 0.717) is 28.1 Å². The van der Waals surface area contributed by atoms with Crippen LogP contribution in [-0.2, 0) is 10.0 Å². The number of carbonyl (C=O) groups excluding carboxylic acids is 1. The molecular weight excluding hydrogens is 571 g/mol. The SMILES string of the molecule is COc1ccc([C@@H]2CCCN2C(=O)c2cc(Cl)ccc2NS(=O)(=O)c2ccc(Oc3ccccc3Cl)cc2)cc1. The highest BCUT2D eigenvalue weighted by Gasteiger charge is 2.32. The van der Waals surface area contributed by atoms with E-state index in [2.05, 4.69) is 4.72 Å². The summed E-state index contributed by atoms with van der Waals surface area (Å²) in [5.74, 6) is 1.31. The van der Waals surface area contributed by atoms with Gasteiger partial charge in [-0.15, -0.1) is 0 Å². The van der Waals surface area contributed by atoms with E-state index in [1.54, 1.807) is 42.3 Å². The van der Waals surface area contributed by atoms with Crippen molar-refractivity contribution in [1.82, 2.24) is 4.90 Å². The largest absolute Gasteiger partial charge is 0.497 e. The molecule has 1 atom stereocenters. The number of benzene rings is 4. The maximum atomic E-state index is 13.8. The molecule has 1 heterocycles. The van der Waals surface area contributed by atoms with E-state index < -0.39 is 10.0 Å².